The van der Waals surface area contributed by atoms with Gasteiger partial charge in [-0.15, -0.1) is 12.4 Å². The highest BCUT2D eigenvalue weighted by Crippen LogP contribution is 2.17. The van der Waals surface area contributed by atoms with Crippen molar-refractivity contribution in [1.82, 2.24) is 14.7 Å². The molecule has 2 N–H and O–H groups in total. The summed E-state index contributed by atoms with van der Waals surface area (Å²) >= 11 is 0. The van der Waals surface area contributed by atoms with Crippen LogP contribution in [0.25, 0.3) is 10.8 Å². The number of carbonyl (C=O) groups excluding carboxylic acids is 1. The molecule has 3 aromatic rings. The molecule has 0 aliphatic rings. The third-order valence-electron chi connectivity index (χ3n) is 4.74. The second kappa shape index (κ2) is 10.9. The molecular formula is C23H29ClN4O2. The number of halogens is 1. The monoisotopic (exact) mass is 428 g/mol. The molecule has 0 saturated heterocycles. The summed E-state index contributed by atoms with van der Waals surface area (Å²) in [5, 5.41) is 5.60. The van der Waals surface area contributed by atoms with Crippen molar-refractivity contribution in [2.45, 2.75) is 33.4 Å². The molecule has 0 saturated carbocycles. The number of benzene rings is 2. The van der Waals surface area contributed by atoms with Crippen LogP contribution in [0, 0.1) is 5.92 Å². The molecule has 0 radical (unpaired) electrons. The Bertz CT molecular complexity index is 1030. The number of amides is 1. The van der Waals surface area contributed by atoms with Gasteiger partial charge in [0.15, 0.2) is 5.69 Å². The molecule has 0 atom stereocenters. The SMILES string of the molecule is CC(C)Cn1nc(C(=O)N(CCCN)Cc2ccccc2)c2ccccc2c1=O.Cl. The topological polar surface area (TPSA) is 81.2 Å². The predicted molar refractivity (Wildman–Crippen MR) is 123 cm³/mol. The quantitative estimate of drug-likeness (QED) is 0.595. The lowest BCUT2D eigenvalue weighted by molar-refractivity contribution is 0.0735. The minimum Gasteiger partial charge on any atom is -0.333 e. The third-order valence-corrected chi connectivity index (χ3v) is 4.74. The Morgan fingerprint density at radius 2 is 1.70 bits per heavy atom. The molecule has 7 heteroatoms. The van der Waals surface area contributed by atoms with Gasteiger partial charge in [0, 0.05) is 25.0 Å². The number of fused-ring (bicyclic) bond motifs is 1. The first-order valence-electron chi connectivity index (χ1n) is 10.0. The molecule has 1 amide bonds. The Balaban J connectivity index is 0.00000320. The lowest BCUT2D eigenvalue weighted by Crippen LogP contribution is -2.36. The zero-order valence-electron chi connectivity index (χ0n) is 17.5. The van der Waals surface area contributed by atoms with Crippen molar-refractivity contribution in [3.05, 3.63) is 76.2 Å². The van der Waals surface area contributed by atoms with E-state index < -0.39 is 0 Å². The van der Waals surface area contributed by atoms with Crippen LogP contribution in [0.5, 0.6) is 0 Å². The van der Waals surface area contributed by atoms with E-state index in [1.807, 2.05) is 56.3 Å². The van der Waals surface area contributed by atoms with Gasteiger partial charge < -0.3 is 10.6 Å². The lowest BCUT2D eigenvalue weighted by Gasteiger charge is -2.23. The van der Waals surface area contributed by atoms with Crippen molar-refractivity contribution in [2.24, 2.45) is 11.7 Å². The summed E-state index contributed by atoms with van der Waals surface area (Å²) in [6.07, 6.45) is 0.697. The molecule has 1 heterocycles. The zero-order chi connectivity index (χ0) is 20.8. The molecule has 0 unspecified atom stereocenters. The lowest BCUT2D eigenvalue weighted by atomic mass is 10.1. The molecule has 0 aliphatic carbocycles. The molecule has 0 spiro atoms. The highest BCUT2D eigenvalue weighted by atomic mass is 35.5. The van der Waals surface area contributed by atoms with Crippen LogP contribution in [-0.4, -0.2) is 33.7 Å². The second-order valence-corrected chi connectivity index (χ2v) is 7.63. The van der Waals surface area contributed by atoms with Gasteiger partial charge in [-0.05, 0) is 30.5 Å². The van der Waals surface area contributed by atoms with Gasteiger partial charge >= 0.3 is 0 Å². The van der Waals surface area contributed by atoms with Crippen LogP contribution in [0.4, 0.5) is 0 Å². The van der Waals surface area contributed by atoms with Gasteiger partial charge in [-0.2, -0.15) is 5.10 Å². The highest BCUT2D eigenvalue weighted by molar-refractivity contribution is 6.04. The van der Waals surface area contributed by atoms with Crippen molar-refractivity contribution < 1.29 is 4.79 Å². The fourth-order valence-corrected chi connectivity index (χ4v) is 3.35. The van der Waals surface area contributed by atoms with E-state index in [1.54, 1.807) is 17.0 Å². The van der Waals surface area contributed by atoms with Crippen LogP contribution in [0.15, 0.2) is 59.4 Å². The number of nitrogens with zero attached hydrogens (tertiary/aromatic N) is 3. The number of hydrogen-bond acceptors (Lipinski definition) is 4. The summed E-state index contributed by atoms with van der Waals surface area (Å²) in [5.41, 5.74) is 6.89. The van der Waals surface area contributed by atoms with E-state index in [-0.39, 0.29) is 29.8 Å². The van der Waals surface area contributed by atoms with E-state index in [2.05, 4.69) is 5.10 Å². The molecule has 160 valence electrons. The van der Waals surface area contributed by atoms with E-state index >= 15 is 0 Å². The molecule has 2 aromatic carbocycles. The average Bonchev–Trinajstić information content (AvgIpc) is 2.73. The number of carbonyl (C=O) groups is 1. The van der Waals surface area contributed by atoms with Gasteiger partial charge in [0.05, 0.1) is 5.39 Å². The minimum absolute atomic E-state index is 0. The average molecular weight is 429 g/mol. The van der Waals surface area contributed by atoms with Crippen LogP contribution in [0.1, 0.15) is 36.3 Å². The van der Waals surface area contributed by atoms with Crippen molar-refractivity contribution in [3.63, 3.8) is 0 Å². The molecule has 0 aliphatic heterocycles. The van der Waals surface area contributed by atoms with Crippen molar-refractivity contribution in [1.29, 1.82) is 0 Å². The normalized spacial score (nSPS) is 10.8. The predicted octanol–water partition coefficient (Wildman–Crippen LogP) is 3.47. The van der Waals surface area contributed by atoms with E-state index in [1.165, 1.54) is 4.68 Å². The van der Waals surface area contributed by atoms with Crippen molar-refractivity contribution in [3.8, 4) is 0 Å². The molecular weight excluding hydrogens is 400 g/mol. The van der Waals surface area contributed by atoms with Crippen LogP contribution < -0.4 is 11.3 Å². The largest absolute Gasteiger partial charge is 0.333 e. The number of rotatable bonds is 8. The second-order valence-electron chi connectivity index (χ2n) is 7.63. The van der Waals surface area contributed by atoms with Crippen LogP contribution in [0.3, 0.4) is 0 Å². The van der Waals surface area contributed by atoms with E-state index in [9.17, 15) is 9.59 Å². The zero-order valence-corrected chi connectivity index (χ0v) is 18.3. The summed E-state index contributed by atoms with van der Waals surface area (Å²) in [6, 6.07) is 17.0. The van der Waals surface area contributed by atoms with Crippen molar-refractivity contribution in [2.75, 3.05) is 13.1 Å². The molecule has 0 bridgehead atoms. The standard InChI is InChI=1S/C23H28N4O2.ClH/c1-17(2)15-27-22(28)20-12-7-6-11-19(20)21(25-27)23(29)26(14-8-13-24)16-18-9-4-3-5-10-18;/h3-7,9-12,17H,8,13-16,24H2,1-2H3;1H. The first-order valence-corrected chi connectivity index (χ1v) is 10.0. The highest BCUT2D eigenvalue weighted by Gasteiger charge is 2.22. The van der Waals surface area contributed by atoms with Crippen LogP contribution >= 0.6 is 12.4 Å². The van der Waals surface area contributed by atoms with Gasteiger partial charge in [-0.3, -0.25) is 9.59 Å². The van der Waals surface area contributed by atoms with Gasteiger partial charge in [0.25, 0.3) is 11.5 Å². The third kappa shape index (κ3) is 5.46. The Labute approximate surface area is 183 Å². The Morgan fingerprint density at radius 3 is 2.33 bits per heavy atom. The maximum Gasteiger partial charge on any atom is 0.275 e. The number of aromatic nitrogens is 2. The Kier molecular flexibility index (Phi) is 8.57. The van der Waals surface area contributed by atoms with Gasteiger partial charge in [0.2, 0.25) is 0 Å². The van der Waals surface area contributed by atoms with Gasteiger partial charge in [-0.1, -0.05) is 62.4 Å². The maximum absolute atomic E-state index is 13.5. The summed E-state index contributed by atoms with van der Waals surface area (Å²) in [5.74, 6) is 0.0537. The summed E-state index contributed by atoms with van der Waals surface area (Å²) < 4.78 is 1.42. The molecule has 0 fully saturated rings. The fourth-order valence-electron chi connectivity index (χ4n) is 3.35. The Morgan fingerprint density at radius 1 is 1.07 bits per heavy atom. The first-order chi connectivity index (χ1) is 14.0. The summed E-state index contributed by atoms with van der Waals surface area (Å²) in [6.45, 7) is 6.01. The van der Waals surface area contributed by atoms with E-state index in [4.69, 9.17) is 5.73 Å². The summed E-state index contributed by atoms with van der Waals surface area (Å²) in [7, 11) is 0. The van der Waals surface area contributed by atoms with Crippen LogP contribution in [-0.2, 0) is 13.1 Å². The van der Waals surface area contributed by atoms with E-state index in [0.29, 0.717) is 49.1 Å². The van der Waals surface area contributed by atoms with Crippen LogP contribution in [0.2, 0.25) is 0 Å². The molecule has 6 nitrogen and oxygen atoms in total. The molecule has 1 aromatic heterocycles. The fraction of sp³-hybridized carbons (Fsp3) is 0.348. The summed E-state index contributed by atoms with van der Waals surface area (Å²) in [4.78, 5) is 28.1. The number of hydrogen-bond donors (Lipinski definition) is 1. The minimum atomic E-state index is -0.184. The van der Waals surface area contributed by atoms with E-state index in [0.717, 1.165) is 5.56 Å². The van der Waals surface area contributed by atoms with Gasteiger partial charge in [-0.25, -0.2) is 4.68 Å². The van der Waals surface area contributed by atoms with Crippen molar-refractivity contribution >= 4 is 29.1 Å². The first kappa shape index (κ1) is 23.6. The Hall–Kier alpha value is -2.70. The molecule has 30 heavy (non-hydrogen) atoms. The smallest absolute Gasteiger partial charge is 0.275 e. The maximum atomic E-state index is 13.5. The number of nitrogens with two attached hydrogens (primary N) is 1. The molecule has 3 rings (SSSR count). The van der Waals surface area contributed by atoms with Gasteiger partial charge in [0.1, 0.15) is 0 Å².